The molecule has 0 unspecified atom stereocenters. The van der Waals surface area contributed by atoms with E-state index in [2.05, 4.69) is 5.32 Å². The van der Waals surface area contributed by atoms with Crippen molar-refractivity contribution >= 4 is 45.0 Å². The van der Waals surface area contributed by atoms with Crippen molar-refractivity contribution in [2.24, 2.45) is 5.92 Å². The van der Waals surface area contributed by atoms with Crippen LogP contribution in [-0.4, -0.2) is 38.0 Å². The maximum atomic E-state index is 12.8. The van der Waals surface area contributed by atoms with E-state index in [1.807, 2.05) is 18.4 Å². The minimum absolute atomic E-state index is 0.0985. The molecule has 0 bridgehead atoms. The second-order valence-corrected chi connectivity index (χ2v) is 9.61. The summed E-state index contributed by atoms with van der Waals surface area (Å²) in [6.45, 7) is 0.667. The average molecular weight is 425 g/mol. The summed E-state index contributed by atoms with van der Waals surface area (Å²) in [6.07, 6.45) is 2.94. The lowest BCUT2D eigenvalue weighted by molar-refractivity contribution is -0.120. The van der Waals surface area contributed by atoms with Gasteiger partial charge in [-0.15, -0.1) is 11.8 Å². The summed E-state index contributed by atoms with van der Waals surface area (Å²) in [4.78, 5) is 13.8. The Morgan fingerprint density at radius 3 is 2.41 bits per heavy atom. The molecule has 0 spiro atoms. The van der Waals surface area contributed by atoms with E-state index >= 15 is 0 Å². The van der Waals surface area contributed by atoms with Gasteiger partial charge < -0.3 is 5.32 Å². The Morgan fingerprint density at radius 2 is 1.81 bits per heavy atom. The molecule has 1 N–H and O–H groups in total. The van der Waals surface area contributed by atoms with Gasteiger partial charge in [-0.3, -0.25) is 4.79 Å². The highest BCUT2D eigenvalue weighted by Gasteiger charge is 2.32. The molecule has 8 heteroatoms. The molecule has 1 saturated heterocycles. The molecule has 144 valence electrons. The van der Waals surface area contributed by atoms with Gasteiger partial charge >= 0.3 is 0 Å². The van der Waals surface area contributed by atoms with Gasteiger partial charge in [-0.2, -0.15) is 4.31 Å². The van der Waals surface area contributed by atoms with E-state index in [9.17, 15) is 13.2 Å². The Hall–Kier alpha value is -1.54. The Morgan fingerprint density at radius 1 is 1.15 bits per heavy atom. The molecule has 1 aliphatic rings. The number of thioether (sulfide) groups is 1. The van der Waals surface area contributed by atoms with E-state index in [4.69, 9.17) is 11.6 Å². The van der Waals surface area contributed by atoms with E-state index in [-0.39, 0.29) is 11.8 Å². The first kappa shape index (κ1) is 20.2. The number of piperidine rings is 1. The standard InChI is InChI=1S/C19H21ClN2O3S2/c1-26-17-5-7-18(8-6-17)27(24,25)22-11-9-14(10-12-22)19(23)21-16-4-2-3-15(20)13-16/h2-8,13-14H,9-12H2,1H3,(H,21,23). The molecule has 2 aromatic carbocycles. The SMILES string of the molecule is CSc1ccc(S(=O)(=O)N2CCC(C(=O)Nc3cccc(Cl)c3)CC2)cc1. The van der Waals surface area contributed by atoms with Gasteiger partial charge in [0.25, 0.3) is 0 Å². The predicted octanol–water partition coefficient (Wildman–Crippen LogP) is 4.10. The Kier molecular flexibility index (Phi) is 6.47. The van der Waals surface area contributed by atoms with E-state index in [1.165, 1.54) is 4.31 Å². The number of amides is 1. The van der Waals surface area contributed by atoms with Crippen molar-refractivity contribution in [1.82, 2.24) is 4.31 Å². The van der Waals surface area contributed by atoms with E-state index in [1.54, 1.807) is 48.2 Å². The molecule has 1 fully saturated rings. The first-order chi connectivity index (χ1) is 12.9. The number of hydrogen-bond acceptors (Lipinski definition) is 4. The van der Waals surface area contributed by atoms with Crippen molar-refractivity contribution in [3.8, 4) is 0 Å². The Labute approximate surface area is 169 Å². The third-order valence-corrected chi connectivity index (χ3v) is 7.51. The lowest BCUT2D eigenvalue weighted by Gasteiger charge is -2.30. The molecule has 3 rings (SSSR count). The fourth-order valence-electron chi connectivity index (χ4n) is 3.07. The molecule has 1 aliphatic heterocycles. The molecule has 0 radical (unpaired) electrons. The lowest BCUT2D eigenvalue weighted by Crippen LogP contribution is -2.41. The predicted molar refractivity (Wildman–Crippen MR) is 110 cm³/mol. The van der Waals surface area contributed by atoms with Crippen molar-refractivity contribution < 1.29 is 13.2 Å². The molecule has 27 heavy (non-hydrogen) atoms. The summed E-state index contributed by atoms with van der Waals surface area (Å²) in [5.74, 6) is -0.312. The normalized spacial score (nSPS) is 16.2. The minimum atomic E-state index is -3.53. The third kappa shape index (κ3) is 4.85. The van der Waals surface area contributed by atoms with Crippen LogP contribution in [0.1, 0.15) is 12.8 Å². The van der Waals surface area contributed by atoms with Gasteiger partial charge in [-0.25, -0.2) is 8.42 Å². The van der Waals surface area contributed by atoms with Crippen LogP contribution in [0, 0.1) is 5.92 Å². The smallest absolute Gasteiger partial charge is 0.243 e. The quantitative estimate of drug-likeness (QED) is 0.734. The number of benzene rings is 2. The molecular weight excluding hydrogens is 404 g/mol. The number of nitrogens with one attached hydrogen (secondary N) is 1. The van der Waals surface area contributed by atoms with Crippen LogP contribution in [0.3, 0.4) is 0 Å². The summed E-state index contributed by atoms with van der Waals surface area (Å²) in [7, 11) is -3.53. The molecular formula is C19H21ClN2O3S2. The number of carbonyl (C=O) groups is 1. The molecule has 0 aromatic heterocycles. The van der Waals surface area contributed by atoms with Crippen LogP contribution < -0.4 is 5.32 Å². The summed E-state index contributed by atoms with van der Waals surface area (Å²) >= 11 is 7.50. The molecule has 1 heterocycles. The lowest BCUT2D eigenvalue weighted by atomic mass is 9.97. The number of carbonyl (C=O) groups excluding carboxylic acids is 1. The van der Waals surface area contributed by atoms with Crippen LogP contribution in [0.25, 0.3) is 0 Å². The average Bonchev–Trinajstić information content (AvgIpc) is 2.68. The van der Waals surface area contributed by atoms with Crippen LogP contribution in [0.2, 0.25) is 5.02 Å². The molecule has 2 aromatic rings. The van der Waals surface area contributed by atoms with Gasteiger partial charge in [-0.05, 0) is 61.6 Å². The number of anilines is 1. The molecule has 0 saturated carbocycles. The van der Waals surface area contributed by atoms with Crippen LogP contribution in [0.4, 0.5) is 5.69 Å². The Balaban J connectivity index is 1.61. The van der Waals surface area contributed by atoms with Gasteiger partial charge in [0, 0.05) is 34.6 Å². The molecule has 1 amide bonds. The van der Waals surface area contributed by atoms with Crippen LogP contribution in [-0.2, 0) is 14.8 Å². The monoisotopic (exact) mass is 424 g/mol. The number of hydrogen-bond donors (Lipinski definition) is 1. The van der Waals surface area contributed by atoms with Gasteiger partial charge in [0.1, 0.15) is 0 Å². The van der Waals surface area contributed by atoms with E-state index in [0.29, 0.717) is 41.5 Å². The van der Waals surface area contributed by atoms with Crippen LogP contribution >= 0.6 is 23.4 Å². The van der Waals surface area contributed by atoms with Gasteiger partial charge in [-0.1, -0.05) is 17.7 Å². The summed E-state index contributed by atoms with van der Waals surface area (Å²) < 4.78 is 27.1. The highest BCUT2D eigenvalue weighted by molar-refractivity contribution is 7.98. The summed E-state index contributed by atoms with van der Waals surface area (Å²) in [5.41, 5.74) is 0.649. The van der Waals surface area contributed by atoms with E-state index in [0.717, 1.165) is 4.90 Å². The van der Waals surface area contributed by atoms with Crippen molar-refractivity contribution in [3.63, 3.8) is 0 Å². The van der Waals surface area contributed by atoms with Crippen molar-refractivity contribution in [2.75, 3.05) is 24.7 Å². The third-order valence-electron chi connectivity index (χ3n) is 4.61. The number of rotatable bonds is 5. The number of sulfonamides is 1. The van der Waals surface area contributed by atoms with Crippen LogP contribution in [0.5, 0.6) is 0 Å². The first-order valence-corrected chi connectivity index (χ1v) is 11.6. The zero-order valence-electron chi connectivity index (χ0n) is 14.9. The first-order valence-electron chi connectivity index (χ1n) is 8.61. The molecule has 0 atom stereocenters. The summed E-state index contributed by atoms with van der Waals surface area (Å²) in [5, 5.41) is 3.41. The van der Waals surface area contributed by atoms with Gasteiger partial charge in [0.05, 0.1) is 4.90 Å². The summed E-state index contributed by atoms with van der Waals surface area (Å²) in [6, 6.07) is 13.9. The highest BCUT2D eigenvalue weighted by Crippen LogP contribution is 2.26. The van der Waals surface area contributed by atoms with E-state index < -0.39 is 10.0 Å². The van der Waals surface area contributed by atoms with Gasteiger partial charge in [0.2, 0.25) is 15.9 Å². The zero-order valence-corrected chi connectivity index (χ0v) is 17.3. The zero-order chi connectivity index (χ0) is 19.4. The van der Waals surface area contributed by atoms with Crippen molar-refractivity contribution in [1.29, 1.82) is 0 Å². The minimum Gasteiger partial charge on any atom is -0.326 e. The second kappa shape index (κ2) is 8.65. The largest absolute Gasteiger partial charge is 0.326 e. The van der Waals surface area contributed by atoms with Gasteiger partial charge in [0.15, 0.2) is 0 Å². The topological polar surface area (TPSA) is 66.5 Å². The van der Waals surface area contributed by atoms with Crippen molar-refractivity contribution in [2.45, 2.75) is 22.6 Å². The Bertz CT molecular complexity index is 909. The molecule has 5 nitrogen and oxygen atoms in total. The number of halogens is 1. The number of nitrogens with zero attached hydrogens (tertiary/aromatic N) is 1. The fraction of sp³-hybridized carbons (Fsp3) is 0.316. The maximum Gasteiger partial charge on any atom is 0.243 e. The van der Waals surface area contributed by atoms with Crippen molar-refractivity contribution in [3.05, 3.63) is 53.6 Å². The second-order valence-electron chi connectivity index (χ2n) is 6.35. The fourth-order valence-corrected chi connectivity index (χ4v) is 5.13. The van der Waals surface area contributed by atoms with Crippen LogP contribution in [0.15, 0.2) is 58.3 Å². The molecule has 0 aliphatic carbocycles. The maximum absolute atomic E-state index is 12.8. The highest BCUT2D eigenvalue weighted by atomic mass is 35.5.